The van der Waals surface area contributed by atoms with Crippen LogP contribution in [0.15, 0.2) is 41.8 Å². The minimum Gasteiger partial charge on any atom is -0.491 e. The molecule has 0 saturated heterocycles. The molecule has 0 saturated carbocycles. The molecule has 0 aliphatic carbocycles. The van der Waals surface area contributed by atoms with Gasteiger partial charge in [0, 0.05) is 30.6 Å². The van der Waals surface area contributed by atoms with E-state index in [0.29, 0.717) is 12.3 Å². The second kappa shape index (κ2) is 9.42. The second-order valence-corrected chi connectivity index (χ2v) is 6.61. The van der Waals surface area contributed by atoms with Gasteiger partial charge in [0.15, 0.2) is 0 Å². The Hall–Kier alpha value is -1.89. The van der Waals surface area contributed by atoms with E-state index in [1.54, 1.807) is 35.6 Å². The fraction of sp³-hybridized carbons (Fsp3) is 0.389. The smallest absolute Gasteiger partial charge is 0.221 e. The zero-order chi connectivity index (χ0) is 17.4. The highest BCUT2D eigenvalue weighted by Gasteiger charge is 2.12. The Morgan fingerprint density at radius 3 is 2.67 bits per heavy atom. The fourth-order valence-electron chi connectivity index (χ4n) is 2.31. The molecule has 0 aliphatic heterocycles. The van der Waals surface area contributed by atoms with E-state index in [2.05, 4.69) is 28.6 Å². The SMILES string of the molecule is CCN(Cc1cccs1)CC(O)COc1ccc(NC(C)=O)cc1. The Balaban J connectivity index is 1.77. The molecule has 1 aromatic heterocycles. The van der Waals surface area contributed by atoms with Gasteiger partial charge in [0.2, 0.25) is 5.91 Å². The number of nitrogens with one attached hydrogen (secondary N) is 1. The van der Waals surface area contributed by atoms with Crippen LogP contribution in [0.1, 0.15) is 18.7 Å². The minimum atomic E-state index is -0.556. The molecule has 0 bridgehead atoms. The maximum Gasteiger partial charge on any atom is 0.221 e. The average Bonchev–Trinajstić information content (AvgIpc) is 3.06. The number of likely N-dealkylation sites (N-methyl/N-ethyl adjacent to an activating group) is 1. The largest absolute Gasteiger partial charge is 0.491 e. The predicted molar refractivity (Wildman–Crippen MR) is 97.5 cm³/mol. The Morgan fingerprint density at radius 1 is 1.33 bits per heavy atom. The number of aliphatic hydroxyl groups is 1. The Morgan fingerprint density at radius 2 is 2.08 bits per heavy atom. The van der Waals surface area contributed by atoms with Crippen LogP contribution >= 0.6 is 11.3 Å². The average molecular weight is 348 g/mol. The molecule has 0 aliphatic rings. The summed E-state index contributed by atoms with van der Waals surface area (Å²) in [7, 11) is 0. The summed E-state index contributed by atoms with van der Waals surface area (Å²) >= 11 is 1.72. The number of anilines is 1. The molecular formula is C18H24N2O3S. The zero-order valence-electron chi connectivity index (χ0n) is 14.1. The van der Waals surface area contributed by atoms with Crippen LogP contribution in [0.3, 0.4) is 0 Å². The Kier molecular flexibility index (Phi) is 7.24. The molecule has 130 valence electrons. The van der Waals surface area contributed by atoms with E-state index in [9.17, 15) is 9.90 Å². The quantitative estimate of drug-likeness (QED) is 0.731. The van der Waals surface area contributed by atoms with E-state index in [1.807, 2.05) is 6.07 Å². The molecule has 1 aromatic carbocycles. The van der Waals surface area contributed by atoms with Crippen molar-refractivity contribution >= 4 is 22.9 Å². The van der Waals surface area contributed by atoms with Gasteiger partial charge in [0.1, 0.15) is 18.5 Å². The summed E-state index contributed by atoms with van der Waals surface area (Å²) in [5.74, 6) is 0.564. The van der Waals surface area contributed by atoms with Gasteiger partial charge < -0.3 is 15.2 Å². The summed E-state index contributed by atoms with van der Waals surface area (Å²) in [5.41, 5.74) is 0.725. The van der Waals surface area contributed by atoms with Gasteiger partial charge in [-0.05, 0) is 42.3 Å². The van der Waals surface area contributed by atoms with Crippen molar-refractivity contribution in [3.05, 3.63) is 46.7 Å². The van der Waals surface area contributed by atoms with Crippen LogP contribution in [0.4, 0.5) is 5.69 Å². The molecule has 0 fully saturated rings. The Labute approximate surface area is 146 Å². The van der Waals surface area contributed by atoms with Crippen molar-refractivity contribution in [3.8, 4) is 5.75 Å². The second-order valence-electron chi connectivity index (χ2n) is 5.58. The van der Waals surface area contributed by atoms with E-state index < -0.39 is 6.10 Å². The van der Waals surface area contributed by atoms with Gasteiger partial charge in [-0.15, -0.1) is 11.3 Å². The van der Waals surface area contributed by atoms with Crippen molar-refractivity contribution in [3.63, 3.8) is 0 Å². The molecule has 1 atom stereocenters. The first-order valence-electron chi connectivity index (χ1n) is 8.00. The number of rotatable bonds is 9. The molecule has 1 heterocycles. The number of hydrogen-bond donors (Lipinski definition) is 2. The van der Waals surface area contributed by atoms with E-state index in [4.69, 9.17) is 4.74 Å². The molecule has 1 unspecified atom stereocenters. The van der Waals surface area contributed by atoms with Crippen LogP contribution in [-0.2, 0) is 11.3 Å². The van der Waals surface area contributed by atoms with Crippen molar-refractivity contribution < 1.29 is 14.6 Å². The summed E-state index contributed by atoms with van der Waals surface area (Å²) in [6, 6.07) is 11.3. The van der Waals surface area contributed by atoms with E-state index >= 15 is 0 Å². The van der Waals surface area contributed by atoms with E-state index in [0.717, 1.165) is 18.8 Å². The summed E-state index contributed by atoms with van der Waals surface area (Å²) in [5, 5.41) is 15.0. The highest BCUT2D eigenvalue weighted by molar-refractivity contribution is 7.09. The first-order valence-corrected chi connectivity index (χ1v) is 8.88. The maximum absolute atomic E-state index is 11.0. The highest BCUT2D eigenvalue weighted by atomic mass is 32.1. The van der Waals surface area contributed by atoms with Crippen LogP contribution in [-0.4, -0.2) is 41.7 Å². The molecule has 2 aromatic rings. The molecule has 1 amide bonds. The summed E-state index contributed by atoms with van der Waals surface area (Å²) in [6.07, 6.45) is -0.556. The van der Waals surface area contributed by atoms with Crippen LogP contribution < -0.4 is 10.1 Å². The monoisotopic (exact) mass is 348 g/mol. The molecule has 24 heavy (non-hydrogen) atoms. The number of thiophene rings is 1. The lowest BCUT2D eigenvalue weighted by Gasteiger charge is -2.23. The lowest BCUT2D eigenvalue weighted by molar-refractivity contribution is -0.114. The number of nitrogens with zero attached hydrogens (tertiary/aromatic N) is 1. The van der Waals surface area contributed by atoms with Gasteiger partial charge in [-0.2, -0.15) is 0 Å². The van der Waals surface area contributed by atoms with Crippen molar-refractivity contribution in [1.29, 1.82) is 0 Å². The van der Waals surface area contributed by atoms with Crippen LogP contribution in [0, 0.1) is 0 Å². The number of ether oxygens (including phenoxy) is 1. The van der Waals surface area contributed by atoms with Crippen LogP contribution in [0.2, 0.25) is 0 Å². The number of aliphatic hydroxyl groups excluding tert-OH is 1. The normalized spacial score (nSPS) is 12.2. The lowest BCUT2D eigenvalue weighted by atomic mass is 10.3. The summed E-state index contributed by atoms with van der Waals surface area (Å²) < 4.78 is 5.62. The fourth-order valence-corrected chi connectivity index (χ4v) is 3.06. The van der Waals surface area contributed by atoms with Crippen LogP contribution in [0.5, 0.6) is 5.75 Å². The molecule has 5 nitrogen and oxygen atoms in total. The molecule has 6 heteroatoms. The third-order valence-corrected chi connectivity index (χ3v) is 4.35. The zero-order valence-corrected chi connectivity index (χ0v) is 14.9. The summed E-state index contributed by atoms with van der Waals surface area (Å²) in [6.45, 7) is 6.08. The van der Waals surface area contributed by atoms with E-state index in [-0.39, 0.29) is 12.5 Å². The van der Waals surface area contributed by atoms with Crippen molar-refractivity contribution in [2.45, 2.75) is 26.5 Å². The van der Waals surface area contributed by atoms with E-state index in [1.165, 1.54) is 11.8 Å². The first kappa shape index (κ1) is 18.4. The predicted octanol–water partition coefficient (Wildman–Crippen LogP) is 2.97. The van der Waals surface area contributed by atoms with Crippen molar-refractivity contribution in [2.75, 3.05) is 25.0 Å². The first-order chi connectivity index (χ1) is 11.6. The van der Waals surface area contributed by atoms with Crippen molar-refractivity contribution in [2.24, 2.45) is 0 Å². The number of carbonyl (C=O) groups is 1. The van der Waals surface area contributed by atoms with Gasteiger partial charge in [0.05, 0.1) is 0 Å². The third kappa shape index (κ3) is 6.31. The standard InChI is InChI=1S/C18H24N2O3S/c1-3-20(12-18-5-4-10-24-18)11-16(22)13-23-17-8-6-15(7-9-17)19-14(2)21/h4-10,16,22H,3,11-13H2,1-2H3,(H,19,21). The van der Waals surface area contributed by atoms with Gasteiger partial charge in [0.25, 0.3) is 0 Å². The number of hydrogen-bond acceptors (Lipinski definition) is 5. The topological polar surface area (TPSA) is 61.8 Å². The summed E-state index contributed by atoms with van der Waals surface area (Å²) in [4.78, 5) is 14.5. The highest BCUT2D eigenvalue weighted by Crippen LogP contribution is 2.16. The molecule has 2 N–H and O–H groups in total. The number of carbonyl (C=O) groups excluding carboxylic acids is 1. The maximum atomic E-state index is 11.0. The van der Waals surface area contributed by atoms with Gasteiger partial charge >= 0.3 is 0 Å². The molecule has 0 spiro atoms. The van der Waals surface area contributed by atoms with Gasteiger partial charge in [-0.3, -0.25) is 9.69 Å². The van der Waals surface area contributed by atoms with Crippen LogP contribution in [0.25, 0.3) is 0 Å². The number of benzene rings is 1. The molecule has 0 radical (unpaired) electrons. The van der Waals surface area contributed by atoms with Gasteiger partial charge in [-0.1, -0.05) is 13.0 Å². The Bertz CT molecular complexity index is 614. The minimum absolute atomic E-state index is 0.107. The molecular weight excluding hydrogens is 324 g/mol. The molecule has 2 rings (SSSR count). The number of amides is 1. The van der Waals surface area contributed by atoms with Crippen molar-refractivity contribution in [1.82, 2.24) is 4.90 Å². The third-order valence-electron chi connectivity index (χ3n) is 3.49. The van der Waals surface area contributed by atoms with Gasteiger partial charge in [-0.25, -0.2) is 0 Å². The lowest BCUT2D eigenvalue weighted by Crippen LogP contribution is -2.35.